The average Bonchev–Trinajstić information content (AvgIpc) is 3.27. The summed E-state index contributed by atoms with van der Waals surface area (Å²) in [6.45, 7) is 2.60. The van der Waals surface area contributed by atoms with Gasteiger partial charge in [0.25, 0.3) is 0 Å². The molecule has 1 aromatic rings. The molecule has 0 unspecified atom stereocenters. The van der Waals surface area contributed by atoms with Crippen molar-refractivity contribution in [3.63, 3.8) is 0 Å². The predicted molar refractivity (Wildman–Crippen MR) is 82.1 cm³/mol. The Hall–Kier alpha value is -1.75. The Morgan fingerprint density at radius 3 is 2.95 bits per heavy atom. The van der Waals surface area contributed by atoms with Gasteiger partial charge in [0, 0.05) is 31.5 Å². The fourth-order valence-corrected chi connectivity index (χ4v) is 1.89. The number of hydrogen-bond acceptors (Lipinski definition) is 4. The lowest BCUT2D eigenvalue weighted by Crippen LogP contribution is -2.26. The molecule has 0 aliphatic heterocycles. The van der Waals surface area contributed by atoms with E-state index in [0.29, 0.717) is 31.0 Å². The van der Waals surface area contributed by atoms with Crippen molar-refractivity contribution in [3.8, 4) is 5.75 Å². The third-order valence-electron chi connectivity index (χ3n) is 3.29. The average molecular weight is 292 g/mol. The minimum absolute atomic E-state index is 0.00101. The number of rotatable bonds is 10. The highest BCUT2D eigenvalue weighted by Crippen LogP contribution is 2.28. The van der Waals surface area contributed by atoms with Gasteiger partial charge in [0.1, 0.15) is 5.75 Å². The molecule has 21 heavy (non-hydrogen) atoms. The van der Waals surface area contributed by atoms with Crippen molar-refractivity contribution in [2.45, 2.75) is 25.7 Å². The molecule has 5 heteroatoms. The molecule has 5 nitrogen and oxygen atoms in total. The van der Waals surface area contributed by atoms with Gasteiger partial charge >= 0.3 is 0 Å². The molecule has 0 bridgehead atoms. The minimum atomic E-state index is 0.00101. The minimum Gasteiger partial charge on any atom is -0.493 e. The summed E-state index contributed by atoms with van der Waals surface area (Å²) in [6, 6.07) is 7.19. The van der Waals surface area contributed by atoms with Gasteiger partial charge in [0.2, 0.25) is 5.91 Å². The van der Waals surface area contributed by atoms with Crippen molar-refractivity contribution in [2.24, 2.45) is 5.92 Å². The number of nitrogen functional groups attached to an aromatic ring is 1. The lowest BCUT2D eigenvalue weighted by atomic mass is 10.3. The Balaban J connectivity index is 1.45. The molecule has 1 amide bonds. The van der Waals surface area contributed by atoms with Crippen LogP contribution in [-0.4, -0.2) is 32.3 Å². The Bertz CT molecular complexity index is 447. The van der Waals surface area contributed by atoms with Gasteiger partial charge in [-0.05, 0) is 37.3 Å². The standard InChI is InChI=1S/C16H24N2O3/c17-14-3-1-4-15(11-14)21-10-7-16(19)18-8-2-9-20-12-13-5-6-13/h1,3-4,11,13H,2,5-10,12,17H2,(H,18,19). The lowest BCUT2D eigenvalue weighted by Gasteiger charge is -2.08. The van der Waals surface area contributed by atoms with Gasteiger partial charge in [-0.3, -0.25) is 4.79 Å². The normalized spacial score (nSPS) is 13.9. The van der Waals surface area contributed by atoms with Crippen molar-refractivity contribution < 1.29 is 14.3 Å². The van der Waals surface area contributed by atoms with Crippen molar-refractivity contribution in [1.82, 2.24) is 5.32 Å². The van der Waals surface area contributed by atoms with Crippen LogP contribution >= 0.6 is 0 Å². The summed E-state index contributed by atoms with van der Waals surface area (Å²) in [6.07, 6.45) is 3.82. The quantitative estimate of drug-likeness (QED) is 0.511. The van der Waals surface area contributed by atoms with E-state index in [9.17, 15) is 4.79 Å². The van der Waals surface area contributed by atoms with Gasteiger partial charge in [0.15, 0.2) is 0 Å². The van der Waals surface area contributed by atoms with Crippen LogP contribution in [-0.2, 0) is 9.53 Å². The van der Waals surface area contributed by atoms with Crippen molar-refractivity contribution in [3.05, 3.63) is 24.3 Å². The summed E-state index contributed by atoms with van der Waals surface area (Å²) < 4.78 is 11.0. The van der Waals surface area contributed by atoms with Gasteiger partial charge in [-0.25, -0.2) is 0 Å². The second kappa shape index (κ2) is 8.52. The molecule has 3 N–H and O–H groups in total. The van der Waals surface area contributed by atoms with Crippen LogP contribution < -0.4 is 15.8 Å². The first-order valence-corrected chi connectivity index (χ1v) is 7.57. The molecule has 1 aliphatic carbocycles. The summed E-state index contributed by atoms with van der Waals surface area (Å²) >= 11 is 0. The number of carbonyl (C=O) groups excluding carboxylic acids is 1. The largest absolute Gasteiger partial charge is 0.493 e. The molecule has 1 aliphatic rings. The van der Waals surface area contributed by atoms with E-state index in [1.165, 1.54) is 12.8 Å². The Morgan fingerprint density at radius 2 is 2.19 bits per heavy atom. The first-order valence-electron chi connectivity index (χ1n) is 7.57. The third kappa shape index (κ3) is 6.99. The first kappa shape index (κ1) is 15.6. The van der Waals surface area contributed by atoms with Crippen LogP contribution in [0.15, 0.2) is 24.3 Å². The van der Waals surface area contributed by atoms with Crippen LogP contribution in [0, 0.1) is 5.92 Å². The Morgan fingerprint density at radius 1 is 1.33 bits per heavy atom. The summed E-state index contributed by atoms with van der Waals surface area (Å²) in [5.41, 5.74) is 6.30. The van der Waals surface area contributed by atoms with Gasteiger partial charge in [-0.1, -0.05) is 6.07 Å². The van der Waals surface area contributed by atoms with Crippen molar-refractivity contribution in [2.75, 3.05) is 32.1 Å². The monoisotopic (exact) mass is 292 g/mol. The molecule has 0 spiro atoms. The second-order valence-corrected chi connectivity index (χ2v) is 5.39. The summed E-state index contributed by atoms with van der Waals surface area (Å²) in [4.78, 5) is 11.6. The van der Waals surface area contributed by atoms with E-state index in [1.54, 1.807) is 12.1 Å². The molecule has 1 aromatic carbocycles. The Kier molecular flexibility index (Phi) is 6.34. The SMILES string of the molecule is Nc1cccc(OCCC(=O)NCCCOCC2CC2)c1. The Labute approximate surface area is 125 Å². The molecule has 1 saturated carbocycles. The van der Waals surface area contributed by atoms with E-state index in [4.69, 9.17) is 15.2 Å². The fourth-order valence-electron chi connectivity index (χ4n) is 1.89. The van der Waals surface area contributed by atoms with Gasteiger partial charge in [-0.15, -0.1) is 0 Å². The number of anilines is 1. The molecule has 0 saturated heterocycles. The summed E-state index contributed by atoms with van der Waals surface area (Å²) in [5, 5.41) is 2.86. The molecule has 1 fully saturated rings. The number of ether oxygens (including phenoxy) is 2. The zero-order valence-electron chi connectivity index (χ0n) is 12.3. The zero-order valence-corrected chi connectivity index (χ0v) is 12.3. The molecule has 0 radical (unpaired) electrons. The summed E-state index contributed by atoms with van der Waals surface area (Å²) in [5.74, 6) is 1.49. The van der Waals surface area contributed by atoms with Crippen molar-refractivity contribution in [1.29, 1.82) is 0 Å². The van der Waals surface area contributed by atoms with E-state index in [-0.39, 0.29) is 5.91 Å². The van der Waals surface area contributed by atoms with E-state index >= 15 is 0 Å². The van der Waals surface area contributed by atoms with Crippen LogP contribution in [0.1, 0.15) is 25.7 Å². The smallest absolute Gasteiger partial charge is 0.223 e. The second-order valence-electron chi connectivity index (χ2n) is 5.39. The topological polar surface area (TPSA) is 73.6 Å². The molecule has 2 rings (SSSR count). The third-order valence-corrected chi connectivity index (χ3v) is 3.29. The summed E-state index contributed by atoms with van der Waals surface area (Å²) in [7, 11) is 0. The first-order chi connectivity index (χ1) is 10.2. The van der Waals surface area contributed by atoms with Gasteiger partial charge in [-0.2, -0.15) is 0 Å². The van der Waals surface area contributed by atoms with Gasteiger partial charge < -0.3 is 20.5 Å². The highest BCUT2D eigenvalue weighted by Gasteiger charge is 2.20. The maximum Gasteiger partial charge on any atom is 0.223 e. The van der Waals surface area contributed by atoms with E-state index in [0.717, 1.165) is 25.6 Å². The van der Waals surface area contributed by atoms with Crippen LogP contribution in [0.2, 0.25) is 0 Å². The fraction of sp³-hybridized carbons (Fsp3) is 0.562. The van der Waals surface area contributed by atoms with Crippen molar-refractivity contribution >= 4 is 11.6 Å². The van der Waals surface area contributed by atoms with Crippen LogP contribution in [0.3, 0.4) is 0 Å². The van der Waals surface area contributed by atoms with Crippen LogP contribution in [0.4, 0.5) is 5.69 Å². The molecule has 0 aromatic heterocycles. The van der Waals surface area contributed by atoms with Crippen LogP contribution in [0.25, 0.3) is 0 Å². The molecule has 116 valence electrons. The molecular weight excluding hydrogens is 268 g/mol. The zero-order chi connectivity index (χ0) is 14.9. The number of nitrogens with one attached hydrogen (secondary N) is 1. The van der Waals surface area contributed by atoms with E-state index in [2.05, 4.69) is 5.32 Å². The predicted octanol–water partition coefficient (Wildman–Crippen LogP) is 1.97. The number of hydrogen-bond donors (Lipinski definition) is 2. The van der Waals surface area contributed by atoms with Crippen LogP contribution in [0.5, 0.6) is 5.75 Å². The number of carbonyl (C=O) groups is 1. The lowest BCUT2D eigenvalue weighted by molar-refractivity contribution is -0.121. The maximum absolute atomic E-state index is 11.6. The molecule has 0 atom stereocenters. The molecular formula is C16H24N2O3. The maximum atomic E-state index is 11.6. The number of benzene rings is 1. The number of amides is 1. The highest BCUT2D eigenvalue weighted by molar-refractivity contribution is 5.75. The van der Waals surface area contributed by atoms with E-state index in [1.807, 2.05) is 12.1 Å². The molecule has 0 heterocycles. The number of nitrogens with two attached hydrogens (primary N) is 1. The highest BCUT2D eigenvalue weighted by atomic mass is 16.5. The van der Waals surface area contributed by atoms with Gasteiger partial charge in [0.05, 0.1) is 13.0 Å². The van der Waals surface area contributed by atoms with E-state index < -0.39 is 0 Å².